The molecular weight excluding hydrogens is 222 g/mol. The predicted molar refractivity (Wildman–Crippen MR) is 75.5 cm³/mol. The molecule has 1 fully saturated rings. The largest absolute Gasteiger partial charge is 0.391 e. The zero-order valence-corrected chi connectivity index (χ0v) is 11.2. The Bertz CT molecular complexity index is 361. The minimum absolute atomic E-state index is 0.567. The van der Waals surface area contributed by atoms with Crippen molar-refractivity contribution < 1.29 is 4.84 Å². The van der Waals surface area contributed by atoms with E-state index in [1.807, 2.05) is 24.4 Å². The number of hydrogen-bond acceptors (Lipinski definition) is 2. The minimum Gasteiger partial charge on any atom is -0.391 e. The summed E-state index contributed by atoms with van der Waals surface area (Å²) in [5.41, 5.74) is 1.17. The third-order valence-electron chi connectivity index (χ3n) is 3.73. The van der Waals surface area contributed by atoms with E-state index in [1.54, 1.807) is 0 Å². The Morgan fingerprint density at radius 2 is 2.11 bits per heavy atom. The second kappa shape index (κ2) is 7.20. The van der Waals surface area contributed by atoms with E-state index in [4.69, 9.17) is 4.84 Å². The second-order valence-electron chi connectivity index (χ2n) is 5.41. The molecule has 0 spiro atoms. The molecule has 0 heterocycles. The summed E-state index contributed by atoms with van der Waals surface area (Å²) in [6.45, 7) is 2.93. The summed E-state index contributed by atoms with van der Waals surface area (Å²) in [4.78, 5) is 5.27. The maximum atomic E-state index is 5.27. The summed E-state index contributed by atoms with van der Waals surface area (Å²) in [5, 5.41) is 4.02. The Hall–Kier alpha value is -1.31. The summed E-state index contributed by atoms with van der Waals surface area (Å²) in [6.07, 6.45) is 8.45. The van der Waals surface area contributed by atoms with Gasteiger partial charge < -0.3 is 4.84 Å². The predicted octanol–water partition coefficient (Wildman–Crippen LogP) is 4.41. The lowest BCUT2D eigenvalue weighted by Gasteiger charge is -2.06. The van der Waals surface area contributed by atoms with Gasteiger partial charge in [0.15, 0.2) is 0 Å². The first kappa shape index (κ1) is 13.1. The quantitative estimate of drug-likeness (QED) is 0.537. The smallest absolute Gasteiger partial charge is 0.142 e. The molecular formula is C16H23NO. The van der Waals surface area contributed by atoms with Crippen molar-refractivity contribution in [3.63, 3.8) is 0 Å². The van der Waals surface area contributed by atoms with Crippen LogP contribution in [0.5, 0.6) is 0 Å². The standard InChI is InChI=1S/C16H23NO/c1-14-9-10-15(12-14)8-5-11-17-18-13-16-6-3-2-4-7-16/h2-4,6-7,11,14-15H,5,8-10,12-13H2,1H3/b17-11+. The summed E-state index contributed by atoms with van der Waals surface area (Å²) in [5.74, 6) is 1.85. The molecule has 0 radical (unpaired) electrons. The molecule has 1 aliphatic rings. The van der Waals surface area contributed by atoms with Crippen LogP contribution in [0.2, 0.25) is 0 Å². The average Bonchev–Trinajstić information content (AvgIpc) is 2.81. The van der Waals surface area contributed by atoms with E-state index in [0.29, 0.717) is 6.61 Å². The first-order valence-corrected chi connectivity index (χ1v) is 7.02. The van der Waals surface area contributed by atoms with Crippen molar-refractivity contribution in [3.05, 3.63) is 35.9 Å². The van der Waals surface area contributed by atoms with Gasteiger partial charge >= 0.3 is 0 Å². The zero-order chi connectivity index (χ0) is 12.6. The van der Waals surface area contributed by atoms with Crippen LogP contribution in [0.1, 0.15) is 44.6 Å². The van der Waals surface area contributed by atoms with E-state index in [2.05, 4.69) is 24.2 Å². The van der Waals surface area contributed by atoms with Gasteiger partial charge in [-0.2, -0.15) is 0 Å². The maximum Gasteiger partial charge on any atom is 0.142 e. The Kier molecular flexibility index (Phi) is 5.25. The van der Waals surface area contributed by atoms with Crippen LogP contribution in [-0.2, 0) is 11.4 Å². The highest BCUT2D eigenvalue weighted by molar-refractivity contribution is 5.56. The van der Waals surface area contributed by atoms with Crippen LogP contribution in [0, 0.1) is 11.8 Å². The van der Waals surface area contributed by atoms with Crippen LogP contribution in [0.3, 0.4) is 0 Å². The lowest BCUT2D eigenvalue weighted by Crippen LogP contribution is -1.95. The number of benzene rings is 1. The highest BCUT2D eigenvalue weighted by atomic mass is 16.6. The molecule has 2 rings (SSSR count). The van der Waals surface area contributed by atoms with Crippen molar-refractivity contribution in [1.29, 1.82) is 0 Å². The average molecular weight is 245 g/mol. The molecule has 2 atom stereocenters. The van der Waals surface area contributed by atoms with Crippen LogP contribution < -0.4 is 0 Å². The third-order valence-corrected chi connectivity index (χ3v) is 3.73. The lowest BCUT2D eigenvalue weighted by molar-refractivity contribution is 0.131. The van der Waals surface area contributed by atoms with E-state index in [9.17, 15) is 0 Å². The van der Waals surface area contributed by atoms with Gasteiger partial charge in [0.1, 0.15) is 6.61 Å². The molecule has 0 aromatic heterocycles. The molecule has 1 saturated carbocycles. The summed E-state index contributed by atoms with van der Waals surface area (Å²) >= 11 is 0. The van der Waals surface area contributed by atoms with Crippen molar-refractivity contribution in [2.75, 3.05) is 0 Å². The molecule has 1 aromatic rings. The number of nitrogens with zero attached hydrogens (tertiary/aromatic N) is 1. The Morgan fingerprint density at radius 1 is 1.28 bits per heavy atom. The molecule has 18 heavy (non-hydrogen) atoms. The van der Waals surface area contributed by atoms with E-state index < -0.39 is 0 Å². The maximum absolute atomic E-state index is 5.27. The molecule has 1 aliphatic carbocycles. The normalized spacial score (nSPS) is 23.6. The minimum atomic E-state index is 0.567. The fraction of sp³-hybridized carbons (Fsp3) is 0.562. The highest BCUT2D eigenvalue weighted by Crippen LogP contribution is 2.32. The van der Waals surface area contributed by atoms with Crippen molar-refractivity contribution in [1.82, 2.24) is 0 Å². The summed E-state index contributed by atoms with van der Waals surface area (Å²) in [6, 6.07) is 10.1. The lowest BCUT2D eigenvalue weighted by atomic mass is 10.0. The van der Waals surface area contributed by atoms with Gasteiger partial charge in [-0.1, -0.05) is 55.3 Å². The molecule has 0 bridgehead atoms. The van der Waals surface area contributed by atoms with Gasteiger partial charge in [0.25, 0.3) is 0 Å². The molecule has 2 nitrogen and oxygen atoms in total. The molecule has 0 N–H and O–H groups in total. The fourth-order valence-electron chi connectivity index (χ4n) is 2.69. The van der Waals surface area contributed by atoms with Crippen LogP contribution in [0.15, 0.2) is 35.5 Å². The number of rotatable bonds is 6. The molecule has 0 saturated heterocycles. The Balaban J connectivity index is 1.55. The molecule has 0 amide bonds. The van der Waals surface area contributed by atoms with Crippen molar-refractivity contribution in [3.8, 4) is 0 Å². The molecule has 0 aliphatic heterocycles. The summed E-state index contributed by atoms with van der Waals surface area (Å²) < 4.78 is 0. The van der Waals surface area contributed by atoms with Crippen LogP contribution in [0.25, 0.3) is 0 Å². The van der Waals surface area contributed by atoms with Gasteiger partial charge in [-0.05, 0) is 36.7 Å². The van der Waals surface area contributed by atoms with Gasteiger partial charge in [0.2, 0.25) is 0 Å². The zero-order valence-electron chi connectivity index (χ0n) is 11.2. The Morgan fingerprint density at radius 3 is 2.83 bits per heavy atom. The monoisotopic (exact) mass is 245 g/mol. The van der Waals surface area contributed by atoms with Crippen molar-refractivity contribution in [2.45, 2.75) is 45.6 Å². The topological polar surface area (TPSA) is 21.6 Å². The van der Waals surface area contributed by atoms with E-state index >= 15 is 0 Å². The number of oxime groups is 1. The van der Waals surface area contributed by atoms with Crippen LogP contribution >= 0.6 is 0 Å². The van der Waals surface area contributed by atoms with Crippen LogP contribution in [-0.4, -0.2) is 6.21 Å². The third kappa shape index (κ3) is 4.52. The van der Waals surface area contributed by atoms with Crippen LogP contribution in [0.4, 0.5) is 0 Å². The first-order valence-electron chi connectivity index (χ1n) is 7.02. The second-order valence-corrected chi connectivity index (χ2v) is 5.41. The van der Waals surface area contributed by atoms with Gasteiger partial charge in [-0.15, -0.1) is 0 Å². The van der Waals surface area contributed by atoms with Gasteiger partial charge in [-0.25, -0.2) is 0 Å². The van der Waals surface area contributed by atoms with Gasteiger partial charge in [0, 0.05) is 6.21 Å². The van der Waals surface area contributed by atoms with E-state index in [0.717, 1.165) is 18.3 Å². The fourth-order valence-corrected chi connectivity index (χ4v) is 2.69. The summed E-state index contributed by atoms with van der Waals surface area (Å²) in [7, 11) is 0. The van der Waals surface area contributed by atoms with Crippen molar-refractivity contribution >= 4 is 6.21 Å². The van der Waals surface area contributed by atoms with E-state index in [-0.39, 0.29) is 0 Å². The van der Waals surface area contributed by atoms with E-state index in [1.165, 1.54) is 31.2 Å². The Labute approximate surface area is 110 Å². The first-order chi connectivity index (χ1) is 8.84. The molecule has 2 heteroatoms. The van der Waals surface area contributed by atoms with Crippen molar-refractivity contribution in [2.24, 2.45) is 17.0 Å². The van der Waals surface area contributed by atoms with Gasteiger partial charge in [-0.3, -0.25) is 0 Å². The molecule has 2 unspecified atom stereocenters. The molecule has 98 valence electrons. The molecule has 1 aromatic carbocycles. The highest BCUT2D eigenvalue weighted by Gasteiger charge is 2.20. The SMILES string of the molecule is CC1CCC(CC/C=N/OCc2ccccc2)C1. The number of hydrogen-bond donors (Lipinski definition) is 0. The van der Waals surface area contributed by atoms with Gasteiger partial charge in [0.05, 0.1) is 0 Å².